The predicted octanol–water partition coefficient (Wildman–Crippen LogP) is 4.47. The van der Waals surface area contributed by atoms with Crippen LogP contribution in [0.25, 0.3) is 21.7 Å². The molecule has 3 heteroatoms. The number of aromatic nitrogens is 2. The summed E-state index contributed by atoms with van der Waals surface area (Å²) in [6.45, 7) is 7.56. The first-order chi connectivity index (χ1) is 10.9. The maximum Gasteiger partial charge on any atom is 0.261 e. The standard InChI is InChI=1S/C20H22N2O/c1-20(2,3)12-14-10-11-22-18(14)21-17-15-7-5-4-6-13(15)8-9-16(17)19(22)23/h4-9,14H,10-12H2,1-3H3/t14-/m1/s1. The fourth-order valence-corrected chi connectivity index (χ4v) is 3.85. The normalized spacial score (nSPS) is 17.8. The quantitative estimate of drug-likeness (QED) is 0.622. The summed E-state index contributed by atoms with van der Waals surface area (Å²) in [5.41, 5.74) is 1.22. The van der Waals surface area contributed by atoms with E-state index in [1.54, 1.807) is 0 Å². The molecule has 1 aromatic heterocycles. The Bertz CT molecular complexity index is 963. The Hall–Kier alpha value is -2.16. The van der Waals surface area contributed by atoms with Crippen molar-refractivity contribution in [3.05, 3.63) is 52.6 Å². The molecule has 0 amide bonds. The summed E-state index contributed by atoms with van der Waals surface area (Å²) in [4.78, 5) is 17.9. The highest BCUT2D eigenvalue weighted by atomic mass is 16.1. The molecule has 0 saturated heterocycles. The van der Waals surface area contributed by atoms with E-state index in [9.17, 15) is 4.79 Å². The highest BCUT2D eigenvalue weighted by Crippen LogP contribution is 2.37. The summed E-state index contributed by atoms with van der Waals surface area (Å²) in [5, 5.41) is 2.96. The van der Waals surface area contributed by atoms with Gasteiger partial charge in [0, 0.05) is 17.8 Å². The van der Waals surface area contributed by atoms with E-state index in [0.29, 0.717) is 5.92 Å². The van der Waals surface area contributed by atoms with Crippen LogP contribution in [0.4, 0.5) is 0 Å². The van der Waals surface area contributed by atoms with Gasteiger partial charge in [-0.25, -0.2) is 4.98 Å². The molecule has 2 aromatic carbocycles. The van der Waals surface area contributed by atoms with Gasteiger partial charge in [-0.2, -0.15) is 0 Å². The van der Waals surface area contributed by atoms with Crippen LogP contribution in [0.1, 0.15) is 45.4 Å². The molecule has 0 N–H and O–H groups in total. The molecule has 0 unspecified atom stereocenters. The Morgan fingerprint density at radius 2 is 1.91 bits per heavy atom. The van der Waals surface area contributed by atoms with Gasteiger partial charge in [0.2, 0.25) is 0 Å². The van der Waals surface area contributed by atoms with Crippen LogP contribution < -0.4 is 5.56 Å². The van der Waals surface area contributed by atoms with E-state index in [4.69, 9.17) is 4.98 Å². The van der Waals surface area contributed by atoms with Crippen molar-refractivity contribution in [1.29, 1.82) is 0 Å². The molecule has 0 spiro atoms. The van der Waals surface area contributed by atoms with E-state index in [1.165, 1.54) is 0 Å². The average Bonchev–Trinajstić information content (AvgIpc) is 2.89. The van der Waals surface area contributed by atoms with Crippen LogP contribution in [-0.2, 0) is 6.54 Å². The van der Waals surface area contributed by atoms with E-state index in [-0.39, 0.29) is 11.0 Å². The van der Waals surface area contributed by atoms with Gasteiger partial charge in [-0.05, 0) is 29.7 Å². The van der Waals surface area contributed by atoms with E-state index >= 15 is 0 Å². The van der Waals surface area contributed by atoms with Gasteiger partial charge in [0.05, 0.1) is 10.9 Å². The molecule has 0 bridgehead atoms. The Balaban J connectivity index is 1.99. The molecule has 1 aliphatic heterocycles. The SMILES string of the molecule is CC(C)(C)C[C@H]1CCn2c1nc1c(ccc3ccccc31)c2=O. The minimum absolute atomic E-state index is 0.118. The minimum atomic E-state index is 0.118. The van der Waals surface area contributed by atoms with Crippen molar-refractivity contribution in [3.8, 4) is 0 Å². The molecule has 0 fully saturated rings. The van der Waals surface area contributed by atoms with Crippen molar-refractivity contribution in [2.75, 3.05) is 0 Å². The highest BCUT2D eigenvalue weighted by molar-refractivity contribution is 6.04. The monoisotopic (exact) mass is 306 g/mol. The molecule has 1 atom stereocenters. The molecule has 0 radical (unpaired) electrons. The van der Waals surface area contributed by atoms with Gasteiger partial charge in [0.1, 0.15) is 5.82 Å². The Labute approximate surface area is 136 Å². The van der Waals surface area contributed by atoms with Gasteiger partial charge in [0.25, 0.3) is 5.56 Å². The van der Waals surface area contributed by atoms with Gasteiger partial charge >= 0.3 is 0 Å². The third-order valence-electron chi connectivity index (χ3n) is 4.80. The first-order valence-corrected chi connectivity index (χ1v) is 8.36. The van der Waals surface area contributed by atoms with Crippen molar-refractivity contribution >= 4 is 21.7 Å². The van der Waals surface area contributed by atoms with Crippen LogP contribution in [0.15, 0.2) is 41.2 Å². The Kier molecular flexibility index (Phi) is 3.09. The number of rotatable bonds is 1. The van der Waals surface area contributed by atoms with E-state index in [2.05, 4.69) is 32.9 Å². The lowest BCUT2D eigenvalue weighted by Gasteiger charge is -2.22. The molecule has 0 saturated carbocycles. The first-order valence-electron chi connectivity index (χ1n) is 8.36. The van der Waals surface area contributed by atoms with Crippen LogP contribution in [0.3, 0.4) is 0 Å². The second kappa shape index (κ2) is 4.92. The zero-order valence-corrected chi connectivity index (χ0v) is 14.0. The minimum Gasteiger partial charge on any atom is -0.296 e. The van der Waals surface area contributed by atoms with Gasteiger partial charge in [0.15, 0.2) is 0 Å². The van der Waals surface area contributed by atoms with Gasteiger partial charge in [-0.1, -0.05) is 51.1 Å². The van der Waals surface area contributed by atoms with Crippen molar-refractivity contribution in [2.24, 2.45) is 5.41 Å². The van der Waals surface area contributed by atoms with Crippen LogP contribution >= 0.6 is 0 Å². The predicted molar refractivity (Wildman–Crippen MR) is 94.9 cm³/mol. The van der Waals surface area contributed by atoms with E-state index < -0.39 is 0 Å². The van der Waals surface area contributed by atoms with Gasteiger partial charge in [-0.15, -0.1) is 0 Å². The maximum absolute atomic E-state index is 12.9. The number of fused-ring (bicyclic) bond motifs is 4. The molecule has 118 valence electrons. The molecule has 2 heterocycles. The topological polar surface area (TPSA) is 34.9 Å². The van der Waals surface area contributed by atoms with Crippen LogP contribution in [-0.4, -0.2) is 9.55 Å². The van der Waals surface area contributed by atoms with Crippen molar-refractivity contribution in [2.45, 2.75) is 46.1 Å². The number of hydrogen-bond donors (Lipinski definition) is 0. The second-order valence-electron chi connectivity index (χ2n) is 7.86. The fraction of sp³-hybridized carbons (Fsp3) is 0.400. The van der Waals surface area contributed by atoms with E-state index in [1.807, 2.05) is 28.8 Å². The third-order valence-corrected chi connectivity index (χ3v) is 4.80. The molecule has 23 heavy (non-hydrogen) atoms. The largest absolute Gasteiger partial charge is 0.296 e. The highest BCUT2D eigenvalue weighted by Gasteiger charge is 2.30. The summed E-state index contributed by atoms with van der Waals surface area (Å²) in [6, 6.07) is 12.1. The van der Waals surface area contributed by atoms with Crippen molar-refractivity contribution in [1.82, 2.24) is 9.55 Å². The van der Waals surface area contributed by atoms with E-state index in [0.717, 1.165) is 46.9 Å². The Morgan fingerprint density at radius 1 is 1.13 bits per heavy atom. The molecule has 3 nitrogen and oxygen atoms in total. The number of nitrogens with zero attached hydrogens (tertiary/aromatic N) is 2. The van der Waals surface area contributed by atoms with Crippen LogP contribution in [0, 0.1) is 5.41 Å². The number of benzene rings is 2. The van der Waals surface area contributed by atoms with Crippen LogP contribution in [0.2, 0.25) is 0 Å². The molecular formula is C20H22N2O. The lowest BCUT2D eigenvalue weighted by molar-refractivity contribution is 0.336. The fourth-order valence-electron chi connectivity index (χ4n) is 3.85. The van der Waals surface area contributed by atoms with Gasteiger partial charge < -0.3 is 0 Å². The summed E-state index contributed by atoms with van der Waals surface area (Å²) in [5.74, 6) is 1.36. The molecule has 0 aliphatic carbocycles. The lowest BCUT2D eigenvalue weighted by atomic mass is 9.84. The maximum atomic E-state index is 12.9. The molecule has 4 rings (SSSR count). The molecule has 1 aliphatic rings. The zero-order valence-electron chi connectivity index (χ0n) is 14.0. The first kappa shape index (κ1) is 14.4. The zero-order chi connectivity index (χ0) is 16.2. The molecular weight excluding hydrogens is 284 g/mol. The molecule has 3 aromatic rings. The second-order valence-corrected chi connectivity index (χ2v) is 7.86. The third kappa shape index (κ3) is 2.35. The van der Waals surface area contributed by atoms with Crippen molar-refractivity contribution in [3.63, 3.8) is 0 Å². The summed E-state index contributed by atoms with van der Waals surface area (Å²) in [6.07, 6.45) is 2.09. The lowest BCUT2D eigenvalue weighted by Crippen LogP contribution is -2.22. The Morgan fingerprint density at radius 3 is 2.70 bits per heavy atom. The van der Waals surface area contributed by atoms with Crippen LogP contribution in [0.5, 0.6) is 0 Å². The summed E-state index contributed by atoms with van der Waals surface area (Å²) >= 11 is 0. The average molecular weight is 306 g/mol. The van der Waals surface area contributed by atoms with Gasteiger partial charge in [-0.3, -0.25) is 9.36 Å². The smallest absolute Gasteiger partial charge is 0.261 e. The van der Waals surface area contributed by atoms with Crippen molar-refractivity contribution < 1.29 is 0 Å². The summed E-state index contributed by atoms with van der Waals surface area (Å²) < 4.78 is 1.90. The number of hydrogen-bond acceptors (Lipinski definition) is 2. The summed E-state index contributed by atoms with van der Waals surface area (Å²) in [7, 11) is 0.